The van der Waals surface area contributed by atoms with E-state index in [1.807, 2.05) is 0 Å². The van der Waals surface area contributed by atoms with Crippen LogP contribution in [0.15, 0.2) is 0 Å². The van der Waals surface area contributed by atoms with Crippen molar-refractivity contribution in [3.05, 3.63) is 0 Å². The van der Waals surface area contributed by atoms with Crippen LogP contribution < -0.4 is 5.32 Å². The quantitative estimate of drug-likeness (QED) is 0.639. The molecule has 0 radical (unpaired) electrons. The van der Waals surface area contributed by atoms with Crippen LogP contribution in [0.5, 0.6) is 0 Å². The standard InChI is InChI=1S/C10H19N/c1-7-5-8-3-4-9(7)10(8)6-11-2/h7-11H,3-6H2,1-2H3. The number of hydrogen-bond acceptors (Lipinski definition) is 1. The molecule has 2 rings (SSSR count). The van der Waals surface area contributed by atoms with Crippen LogP contribution in [0.3, 0.4) is 0 Å². The molecule has 64 valence electrons. The van der Waals surface area contributed by atoms with Crippen molar-refractivity contribution in [3.8, 4) is 0 Å². The summed E-state index contributed by atoms with van der Waals surface area (Å²) in [4.78, 5) is 0. The Morgan fingerprint density at radius 2 is 2.18 bits per heavy atom. The summed E-state index contributed by atoms with van der Waals surface area (Å²) in [6, 6.07) is 0. The highest BCUT2D eigenvalue weighted by Gasteiger charge is 2.45. The van der Waals surface area contributed by atoms with Gasteiger partial charge < -0.3 is 5.32 Å². The fraction of sp³-hybridized carbons (Fsp3) is 1.00. The molecule has 2 aliphatic carbocycles. The zero-order valence-corrected chi connectivity index (χ0v) is 7.64. The SMILES string of the molecule is CNCC1C2CCC1C(C)C2. The highest BCUT2D eigenvalue weighted by molar-refractivity contribution is 4.95. The van der Waals surface area contributed by atoms with E-state index in [1.165, 1.54) is 25.8 Å². The Morgan fingerprint density at radius 1 is 1.36 bits per heavy atom. The molecule has 0 saturated heterocycles. The van der Waals surface area contributed by atoms with Gasteiger partial charge >= 0.3 is 0 Å². The second-order valence-electron chi connectivity index (χ2n) is 4.44. The Morgan fingerprint density at radius 3 is 2.64 bits per heavy atom. The molecule has 1 nitrogen and oxygen atoms in total. The van der Waals surface area contributed by atoms with Gasteiger partial charge in [0.15, 0.2) is 0 Å². The van der Waals surface area contributed by atoms with E-state index in [1.54, 1.807) is 0 Å². The van der Waals surface area contributed by atoms with E-state index in [-0.39, 0.29) is 0 Å². The molecule has 0 aliphatic heterocycles. The molecule has 1 N–H and O–H groups in total. The van der Waals surface area contributed by atoms with Crippen LogP contribution in [-0.4, -0.2) is 13.6 Å². The number of fused-ring (bicyclic) bond motifs is 2. The Kier molecular flexibility index (Phi) is 1.92. The average Bonchev–Trinajstić information content (AvgIpc) is 2.46. The van der Waals surface area contributed by atoms with Crippen molar-refractivity contribution < 1.29 is 0 Å². The van der Waals surface area contributed by atoms with Crippen LogP contribution in [0, 0.1) is 23.7 Å². The molecule has 2 saturated carbocycles. The third kappa shape index (κ3) is 1.10. The van der Waals surface area contributed by atoms with Crippen molar-refractivity contribution in [1.29, 1.82) is 0 Å². The topological polar surface area (TPSA) is 12.0 Å². The van der Waals surface area contributed by atoms with Gasteiger partial charge in [0.2, 0.25) is 0 Å². The number of hydrogen-bond donors (Lipinski definition) is 1. The summed E-state index contributed by atoms with van der Waals surface area (Å²) in [5, 5.41) is 3.33. The first-order chi connectivity index (χ1) is 5.33. The molecule has 0 spiro atoms. The van der Waals surface area contributed by atoms with Gasteiger partial charge in [0.25, 0.3) is 0 Å². The summed E-state index contributed by atoms with van der Waals surface area (Å²) < 4.78 is 0. The van der Waals surface area contributed by atoms with E-state index in [4.69, 9.17) is 0 Å². The van der Waals surface area contributed by atoms with Gasteiger partial charge in [0.1, 0.15) is 0 Å². The van der Waals surface area contributed by atoms with Gasteiger partial charge in [-0.1, -0.05) is 6.92 Å². The monoisotopic (exact) mass is 153 g/mol. The van der Waals surface area contributed by atoms with Gasteiger partial charge in [-0.05, 0) is 56.5 Å². The third-order valence-electron chi connectivity index (χ3n) is 3.87. The zero-order chi connectivity index (χ0) is 7.84. The second kappa shape index (κ2) is 2.78. The predicted molar refractivity (Wildman–Crippen MR) is 47.4 cm³/mol. The largest absolute Gasteiger partial charge is 0.319 e. The number of nitrogens with one attached hydrogen (secondary N) is 1. The molecule has 2 aliphatic rings. The molecule has 11 heavy (non-hydrogen) atoms. The normalized spacial score (nSPS) is 48.5. The average molecular weight is 153 g/mol. The van der Waals surface area contributed by atoms with Crippen molar-refractivity contribution in [2.45, 2.75) is 26.2 Å². The third-order valence-corrected chi connectivity index (χ3v) is 3.87. The minimum atomic E-state index is 1.02. The molecule has 0 amide bonds. The van der Waals surface area contributed by atoms with Crippen molar-refractivity contribution in [2.24, 2.45) is 23.7 Å². The lowest BCUT2D eigenvalue weighted by atomic mass is 9.90. The van der Waals surface area contributed by atoms with Crippen LogP contribution in [0.2, 0.25) is 0 Å². The van der Waals surface area contributed by atoms with E-state index in [2.05, 4.69) is 19.3 Å². The molecular formula is C10H19N. The molecule has 1 heteroatoms. The van der Waals surface area contributed by atoms with Crippen LogP contribution in [0.1, 0.15) is 26.2 Å². The maximum atomic E-state index is 3.33. The maximum absolute atomic E-state index is 3.33. The molecule has 0 heterocycles. The first-order valence-corrected chi connectivity index (χ1v) is 4.97. The van der Waals surface area contributed by atoms with E-state index >= 15 is 0 Å². The van der Waals surface area contributed by atoms with Crippen LogP contribution in [0.25, 0.3) is 0 Å². The fourth-order valence-corrected chi connectivity index (χ4v) is 3.39. The minimum absolute atomic E-state index is 1.02. The van der Waals surface area contributed by atoms with Gasteiger partial charge in [0, 0.05) is 0 Å². The summed E-state index contributed by atoms with van der Waals surface area (Å²) in [6.07, 6.45) is 4.54. The number of rotatable bonds is 2. The molecule has 2 fully saturated rings. The zero-order valence-electron chi connectivity index (χ0n) is 7.64. The molecule has 0 aromatic carbocycles. The molecular weight excluding hydrogens is 134 g/mol. The van der Waals surface area contributed by atoms with Gasteiger partial charge in [-0.15, -0.1) is 0 Å². The molecule has 2 bridgehead atoms. The van der Waals surface area contributed by atoms with E-state index in [9.17, 15) is 0 Å². The lowest BCUT2D eigenvalue weighted by molar-refractivity contribution is 0.337. The van der Waals surface area contributed by atoms with Gasteiger partial charge in [-0.3, -0.25) is 0 Å². The van der Waals surface area contributed by atoms with Crippen LogP contribution >= 0.6 is 0 Å². The smallest absolute Gasteiger partial charge is 0.00181 e. The maximum Gasteiger partial charge on any atom is -0.00181 e. The minimum Gasteiger partial charge on any atom is -0.319 e. The second-order valence-corrected chi connectivity index (χ2v) is 4.44. The first-order valence-electron chi connectivity index (χ1n) is 4.97. The Labute approximate surface area is 69.6 Å². The summed E-state index contributed by atoms with van der Waals surface area (Å²) in [5.41, 5.74) is 0. The van der Waals surface area contributed by atoms with Crippen molar-refractivity contribution in [1.82, 2.24) is 5.32 Å². The predicted octanol–water partition coefficient (Wildman–Crippen LogP) is 1.89. The fourth-order valence-electron chi connectivity index (χ4n) is 3.39. The summed E-state index contributed by atoms with van der Waals surface area (Å²) >= 11 is 0. The van der Waals surface area contributed by atoms with Crippen LogP contribution in [-0.2, 0) is 0 Å². The first kappa shape index (κ1) is 7.60. The molecule has 0 aromatic rings. The lowest BCUT2D eigenvalue weighted by Crippen LogP contribution is -2.22. The van der Waals surface area contributed by atoms with Gasteiger partial charge in [0.05, 0.1) is 0 Å². The van der Waals surface area contributed by atoms with Crippen molar-refractivity contribution in [3.63, 3.8) is 0 Å². The van der Waals surface area contributed by atoms with Gasteiger partial charge in [-0.2, -0.15) is 0 Å². The summed E-state index contributed by atoms with van der Waals surface area (Å²) in [5.74, 6) is 4.18. The molecule has 4 atom stereocenters. The molecule has 0 aromatic heterocycles. The summed E-state index contributed by atoms with van der Waals surface area (Å²) in [7, 11) is 2.09. The molecule has 4 unspecified atom stereocenters. The highest BCUT2D eigenvalue weighted by atomic mass is 14.8. The lowest BCUT2D eigenvalue weighted by Gasteiger charge is -2.17. The van der Waals surface area contributed by atoms with Crippen molar-refractivity contribution in [2.75, 3.05) is 13.6 Å². The Bertz CT molecular complexity index is 144. The van der Waals surface area contributed by atoms with E-state index in [0.717, 1.165) is 23.7 Å². The van der Waals surface area contributed by atoms with E-state index < -0.39 is 0 Å². The summed E-state index contributed by atoms with van der Waals surface area (Å²) in [6.45, 7) is 3.70. The Balaban J connectivity index is 2.01. The van der Waals surface area contributed by atoms with Crippen LogP contribution in [0.4, 0.5) is 0 Å². The highest BCUT2D eigenvalue weighted by Crippen LogP contribution is 2.52. The van der Waals surface area contributed by atoms with E-state index in [0.29, 0.717) is 0 Å². The van der Waals surface area contributed by atoms with Gasteiger partial charge in [-0.25, -0.2) is 0 Å². The Hall–Kier alpha value is -0.0400. The van der Waals surface area contributed by atoms with Crippen molar-refractivity contribution >= 4 is 0 Å².